The summed E-state index contributed by atoms with van der Waals surface area (Å²) >= 11 is 0. The number of benzene rings is 2. The van der Waals surface area contributed by atoms with E-state index < -0.39 is 35.4 Å². The summed E-state index contributed by atoms with van der Waals surface area (Å²) in [6, 6.07) is 7.79. The average Bonchev–Trinajstić information content (AvgIpc) is 3.40. The first kappa shape index (κ1) is 24.1. The molecule has 0 radical (unpaired) electrons. The van der Waals surface area contributed by atoms with Crippen LogP contribution >= 0.6 is 0 Å². The second kappa shape index (κ2) is 8.96. The van der Waals surface area contributed by atoms with Crippen LogP contribution in [0.15, 0.2) is 59.1 Å². The Balaban J connectivity index is 1.42. The van der Waals surface area contributed by atoms with Gasteiger partial charge in [0.15, 0.2) is 0 Å². The number of urea groups is 1. The number of amides is 3. The number of nitrogens with one attached hydrogen (secondary N) is 1. The summed E-state index contributed by atoms with van der Waals surface area (Å²) in [4.78, 5) is 31.4. The molecule has 0 atom stereocenters. The van der Waals surface area contributed by atoms with E-state index in [0.717, 1.165) is 41.4 Å². The second-order valence-corrected chi connectivity index (χ2v) is 7.59. The first-order valence-electron chi connectivity index (χ1n) is 10.1. The van der Waals surface area contributed by atoms with Crippen LogP contribution in [0, 0.1) is 0 Å². The van der Waals surface area contributed by atoms with Gasteiger partial charge >= 0.3 is 24.4 Å². The Bertz CT molecular complexity index is 1250. The Hall–Kier alpha value is -4.03. The highest BCUT2D eigenvalue weighted by molar-refractivity contribution is 6.02. The third kappa shape index (κ3) is 5.39. The van der Waals surface area contributed by atoms with Gasteiger partial charge in [-0.05, 0) is 35.9 Å². The van der Waals surface area contributed by atoms with Gasteiger partial charge in [-0.3, -0.25) is 4.79 Å². The molecule has 1 aliphatic heterocycles. The lowest BCUT2D eigenvalue weighted by Gasteiger charge is -2.17. The van der Waals surface area contributed by atoms with E-state index in [1.54, 1.807) is 0 Å². The van der Waals surface area contributed by atoms with Crippen LogP contribution in [0.3, 0.4) is 0 Å². The zero-order valence-corrected chi connectivity index (χ0v) is 17.7. The van der Waals surface area contributed by atoms with Crippen LogP contribution in [0.1, 0.15) is 27.2 Å². The first-order chi connectivity index (χ1) is 16.4. The van der Waals surface area contributed by atoms with Crippen molar-refractivity contribution in [1.82, 2.24) is 9.88 Å². The summed E-state index contributed by atoms with van der Waals surface area (Å²) < 4.78 is 82.6. The molecule has 0 aliphatic carbocycles. The van der Waals surface area contributed by atoms with Crippen molar-refractivity contribution in [2.24, 2.45) is 0 Å². The lowest BCUT2D eigenvalue weighted by Crippen LogP contribution is -2.31. The number of carbonyl (C=O) groups excluding carboxylic acids is 2. The number of anilines is 2. The fraction of sp³-hybridized carbons (Fsp3) is 0.227. The molecule has 13 heteroatoms. The number of rotatable bonds is 5. The molecule has 1 saturated heterocycles. The van der Waals surface area contributed by atoms with Crippen molar-refractivity contribution in [3.05, 3.63) is 77.2 Å². The van der Waals surface area contributed by atoms with E-state index in [1.165, 1.54) is 23.1 Å². The number of alkyl halides is 6. The second-order valence-electron chi connectivity index (χ2n) is 7.59. The molecule has 35 heavy (non-hydrogen) atoms. The zero-order valence-electron chi connectivity index (χ0n) is 17.7. The van der Waals surface area contributed by atoms with Crippen LogP contribution in [0.25, 0.3) is 0 Å². The van der Waals surface area contributed by atoms with Crippen LogP contribution in [0.4, 0.5) is 42.8 Å². The van der Waals surface area contributed by atoms with Crippen LogP contribution in [0.5, 0.6) is 0 Å². The van der Waals surface area contributed by atoms with Crippen LogP contribution < -0.4 is 10.2 Å². The largest absolute Gasteiger partial charge is 0.418 e. The predicted octanol–water partition coefficient (Wildman–Crippen LogP) is 5.41. The Labute approximate surface area is 193 Å². The third-order valence-electron chi connectivity index (χ3n) is 5.12. The fourth-order valence-electron chi connectivity index (χ4n) is 3.43. The Morgan fingerprint density at radius 3 is 2.31 bits per heavy atom. The molecule has 0 saturated carbocycles. The number of carbonyl (C=O) groups is 2. The molecular formula is C22H16F6N4O3. The van der Waals surface area contributed by atoms with Crippen molar-refractivity contribution in [3.8, 4) is 0 Å². The van der Waals surface area contributed by atoms with Crippen molar-refractivity contribution in [1.29, 1.82) is 0 Å². The van der Waals surface area contributed by atoms with Crippen LogP contribution in [-0.4, -0.2) is 34.9 Å². The topological polar surface area (TPSA) is 78.7 Å². The number of hydrogen-bond acceptors (Lipinski definition) is 4. The van der Waals surface area contributed by atoms with E-state index in [4.69, 9.17) is 4.42 Å². The Morgan fingerprint density at radius 1 is 0.971 bits per heavy atom. The summed E-state index contributed by atoms with van der Waals surface area (Å²) in [5.41, 5.74) is -1.62. The monoisotopic (exact) mass is 498 g/mol. The van der Waals surface area contributed by atoms with E-state index in [-0.39, 0.29) is 42.7 Å². The molecule has 2 aromatic carbocycles. The molecule has 7 nitrogen and oxygen atoms in total. The van der Waals surface area contributed by atoms with Crippen LogP contribution in [0.2, 0.25) is 0 Å². The summed E-state index contributed by atoms with van der Waals surface area (Å²) in [6.45, 7) is 0.194. The minimum atomic E-state index is -4.59. The summed E-state index contributed by atoms with van der Waals surface area (Å²) in [7, 11) is 0. The summed E-state index contributed by atoms with van der Waals surface area (Å²) in [5.74, 6) is -1.22. The number of halogens is 6. The van der Waals surface area contributed by atoms with Gasteiger partial charge < -0.3 is 14.6 Å². The van der Waals surface area contributed by atoms with Gasteiger partial charge in [-0.1, -0.05) is 18.2 Å². The third-order valence-corrected chi connectivity index (χ3v) is 5.12. The van der Waals surface area contributed by atoms with E-state index in [1.807, 2.05) is 0 Å². The van der Waals surface area contributed by atoms with Crippen molar-refractivity contribution in [2.75, 3.05) is 23.3 Å². The number of hydrogen-bond donors (Lipinski definition) is 1. The predicted molar refractivity (Wildman–Crippen MR) is 110 cm³/mol. The molecule has 1 aliphatic rings. The quantitative estimate of drug-likeness (QED) is 0.478. The van der Waals surface area contributed by atoms with Gasteiger partial charge in [0.25, 0.3) is 5.91 Å². The van der Waals surface area contributed by atoms with Gasteiger partial charge in [0, 0.05) is 25.3 Å². The van der Waals surface area contributed by atoms with Gasteiger partial charge in [0.2, 0.25) is 5.76 Å². The van der Waals surface area contributed by atoms with Gasteiger partial charge in [-0.25, -0.2) is 14.7 Å². The van der Waals surface area contributed by atoms with E-state index >= 15 is 0 Å². The molecule has 1 fully saturated rings. The maximum absolute atomic E-state index is 12.9. The summed E-state index contributed by atoms with van der Waals surface area (Å²) in [5, 5.41) is 2.27. The lowest BCUT2D eigenvalue weighted by atomic mass is 10.1. The standard InChI is InChI=1S/C22H16F6N4O3/c23-21(24,25)14-4-1-3-13(9-14)12-31-7-8-32(20(31)34)19-29-11-17(35-19)18(33)30-16-6-2-5-15(10-16)22(26,27)28/h1-6,9-11H,7-8,12H2,(H,30,33). The Kier molecular flexibility index (Phi) is 6.17. The maximum atomic E-state index is 12.9. The van der Waals surface area contributed by atoms with Crippen molar-refractivity contribution in [3.63, 3.8) is 0 Å². The molecule has 2 heterocycles. The molecular weight excluding hydrogens is 482 g/mol. The van der Waals surface area contributed by atoms with Crippen LogP contribution in [-0.2, 0) is 18.9 Å². The normalized spacial score (nSPS) is 14.5. The van der Waals surface area contributed by atoms with E-state index in [0.29, 0.717) is 0 Å². The van der Waals surface area contributed by atoms with Gasteiger partial charge in [-0.2, -0.15) is 26.3 Å². The molecule has 0 unspecified atom stereocenters. The smallest absolute Gasteiger partial charge is 0.416 e. The molecule has 184 valence electrons. The number of aromatic nitrogens is 1. The van der Waals surface area contributed by atoms with Gasteiger partial charge in [-0.15, -0.1) is 0 Å². The summed E-state index contributed by atoms with van der Waals surface area (Å²) in [6.07, 6.45) is -8.09. The SMILES string of the molecule is O=C(Nc1cccc(C(F)(F)F)c1)c1cnc(N2CCN(Cc3cccc(C(F)(F)F)c3)C2=O)o1. The van der Waals surface area contributed by atoms with Crippen molar-refractivity contribution in [2.45, 2.75) is 18.9 Å². The maximum Gasteiger partial charge on any atom is 0.416 e. The fourth-order valence-corrected chi connectivity index (χ4v) is 3.43. The Morgan fingerprint density at radius 2 is 1.63 bits per heavy atom. The molecule has 0 spiro atoms. The lowest BCUT2D eigenvalue weighted by molar-refractivity contribution is -0.138. The van der Waals surface area contributed by atoms with E-state index in [2.05, 4.69) is 10.3 Å². The highest BCUT2D eigenvalue weighted by atomic mass is 19.4. The van der Waals surface area contributed by atoms with Gasteiger partial charge in [0.1, 0.15) is 0 Å². The highest BCUT2D eigenvalue weighted by Gasteiger charge is 2.35. The van der Waals surface area contributed by atoms with E-state index in [9.17, 15) is 35.9 Å². The van der Waals surface area contributed by atoms with Crippen molar-refractivity contribution >= 4 is 23.6 Å². The minimum Gasteiger partial charge on any atom is -0.418 e. The molecule has 0 bridgehead atoms. The molecule has 1 N–H and O–H groups in total. The first-order valence-corrected chi connectivity index (χ1v) is 10.1. The molecule has 4 rings (SSSR count). The molecule has 3 aromatic rings. The van der Waals surface area contributed by atoms with Crippen molar-refractivity contribution < 1.29 is 40.3 Å². The molecule has 3 amide bonds. The number of nitrogens with zero attached hydrogens (tertiary/aromatic N) is 3. The minimum absolute atomic E-state index is 0.0805. The zero-order chi connectivity index (χ0) is 25.4. The highest BCUT2D eigenvalue weighted by Crippen LogP contribution is 2.32. The van der Waals surface area contributed by atoms with Gasteiger partial charge in [0.05, 0.1) is 17.3 Å². The number of oxazole rings is 1. The average molecular weight is 498 g/mol. The molecule has 1 aromatic heterocycles.